The van der Waals surface area contributed by atoms with E-state index in [1.165, 1.54) is 6.07 Å². The molecule has 15 heavy (non-hydrogen) atoms. The summed E-state index contributed by atoms with van der Waals surface area (Å²) in [7, 11) is 0. The summed E-state index contributed by atoms with van der Waals surface area (Å²) < 4.78 is 62.0. The maximum Gasteiger partial charge on any atom is 0.458 e. The average Bonchev–Trinajstić information content (AvgIpc) is 1.99. The summed E-state index contributed by atoms with van der Waals surface area (Å²) in [6.07, 6.45) is -5.59. The van der Waals surface area contributed by atoms with Gasteiger partial charge in [0.05, 0.1) is 0 Å². The van der Waals surface area contributed by atoms with Crippen LogP contribution in [0, 0.1) is 0 Å². The van der Waals surface area contributed by atoms with Crippen molar-refractivity contribution in [3.05, 3.63) is 32.7 Å². The van der Waals surface area contributed by atoms with Crippen LogP contribution in [0.1, 0.15) is 5.56 Å². The highest BCUT2D eigenvalue weighted by Crippen LogP contribution is 2.44. The zero-order valence-corrected chi connectivity index (χ0v) is 10.0. The predicted molar refractivity (Wildman–Crippen MR) is 51.8 cm³/mol. The summed E-state index contributed by atoms with van der Waals surface area (Å²) >= 11 is 5.68. The van der Waals surface area contributed by atoms with Gasteiger partial charge in [0.1, 0.15) is 0 Å². The lowest BCUT2D eigenvalue weighted by molar-refractivity contribution is -0.289. The Morgan fingerprint density at radius 2 is 1.20 bits per heavy atom. The molecule has 0 aliphatic heterocycles. The Bertz CT molecular complexity index is 352. The number of benzene rings is 1. The molecule has 0 bridgehead atoms. The summed E-state index contributed by atoms with van der Waals surface area (Å²) in [6, 6.07) is 2.84. The third-order valence-electron chi connectivity index (χ3n) is 1.58. The van der Waals surface area contributed by atoms with Crippen LogP contribution in [0.4, 0.5) is 22.0 Å². The lowest BCUT2D eigenvalue weighted by Crippen LogP contribution is -2.33. The van der Waals surface area contributed by atoms with Crippen LogP contribution in [0.25, 0.3) is 0 Å². The first-order valence-electron chi connectivity index (χ1n) is 3.55. The van der Waals surface area contributed by atoms with E-state index >= 15 is 0 Å². The molecule has 1 aromatic rings. The van der Waals surface area contributed by atoms with Crippen LogP contribution in [0.5, 0.6) is 0 Å². The van der Waals surface area contributed by atoms with Crippen LogP contribution in [-0.4, -0.2) is 6.18 Å². The summed E-state index contributed by atoms with van der Waals surface area (Å²) in [5.41, 5.74) is -1.10. The highest BCUT2D eigenvalue weighted by atomic mass is 79.9. The standard InChI is InChI=1S/C8H3Br2F5/c9-5-1-4(2-6(10)3-5)7(11,12)8(13,14)15/h1-3H. The Morgan fingerprint density at radius 3 is 1.53 bits per heavy atom. The lowest BCUT2D eigenvalue weighted by Gasteiger charge is -2.20. The van der Waals surface area contributed by atoms with E-state index in [4.69, 9.17) is 0 Å². The van der Waals surface area contributed by atoms with Crippen LogP contribution in [-0.2, 0) is 5.92 Å². The summed E-state index contributed by atoms with van der Waals surface area (Å²) in [5.74, 6) is -4.85. The van der Waals surface area contributed by atoms with Gasteiger partial charge in [0.2, 0.25) is 0 Å². The Kier molecular flexibility index (Phi) is 3.45. The minimum atomic E-state index is -5.59. The third kappa shape index (κ3) is 2.69. The van der Waals surface area contributed by atoms with Crippen LogP contribution >= 0.6 is 31.9 Å². The van der Waals surface area contributed by atoms with Crippen molar-refractivity contribution in [1.82, 2.24) is 0 Å². The van der Waals surface area contributed by atoms with Crippen molar-refractivity contribution in [3.8, 4) is 0 Å². The number of hydrogen-bond donors (Lipinski definition) is 0. The molecule has 1 rings (SSSR count). The van der Waals surface area contributed by atoms with Crippen molar-refractivity contribution in [2.75, 3.05) is 0 Å². The molecule has 0 heterocycles. The van der Waals surface area contributed by atoms with E-state index in [0.717, 1.165) is 12.1 Å². The van der Waals surface area contributed by atoms with E-state index < -0.39 is 17.7 Å². The maximum atomic E-state index is 12.9. The van der Waals surface area contributed by atoms with Crippen molar-refractivity contribution < 1.29 is 22.0 Å². The van der Waals surface area contributed by atoms with Crippen molar-refractivity contribution >= 4 is 31.9 Å². The SMILES string of the molecule is FC(F)(F)C(F)(F)c1cc(Br)cc(Br)c1. The monoisotopic (exact) mass is 352 g/mol. The topological polar surface area (TPSA) is 0 Å². The molecule has 0 saturated heterocycles. The van der Waals surface area contributed by atoms with Gasteiger partial charge in [0, 0.05) is 14.5 Å². The largest absolute Gasteiger partial charge is 0.458 e. The normalized spacial score (nSPS) is 13.0. The molecule has 84 valence electrons. The van der Waals surface area contributed by atoms with Gasteiger partial charge in [-0.2, -0.15) is 22.0 Å². The molecule has 1 aromatic carbocycles. The van der Waals surface area contributed by atoms with E-state index in [1.54, 1.807) is 0 Å². The van der Waals surface area contributed by atoms with Crippen LogP contribution in [0.15, 0.2) is 27.1 Å². The van der Waals surface area contributed by atoms with E-state index in [1.807, 2.05) is 0 Å². The first-order valence-corrected chi connectivity index (χ1v) is 5.14. The highest BCUT2D eigenvalue weighted by molar-refractivity contribution is 9.11. The molecular weight excluding hydrogens is 351 g/mol. The second-order valence-electron chi connectivity index (χ2n) is 2.73. The third-order valence-corrected chi connectivity index (χ3v) is 2.50. The van der Waals surface area contributed by atoms with Gasteiger partial charge in [-0.15, -0.1) is 0 Å². The highest BCUT2D eigenvalue weighted by Gasteiger charge is 2.58. The number of halogens is 7. The average molecular weight is 354 g/mol. The molecule has 0 amide bonds. The zero-order chi connectivity index (χ0) is 11.9. The van der Waals surface area contributed by atoms with Crippen molar-refractivity contribution in [3.63, 3.8) is 0 Å². The van der Waals surface area contributed by atoms with Gasteiger partial charge >= 0.3 is 12.1 Å². The van der Waals surface area contributed by atoms with E-state index in [0.29, 0.717) is 0 Å². The minimum Gasteiger partial charge on any atom is -0.191 e. The summed E-state index contributed by atoms with van der Waals surface area (Å²) in [4.78, 5) is 0. The van der Waals surface area contributed by atoms with Crippen molar-refractivity contribution in [2.24, 2.45) is 0 Å². The Morgan fingerprint density at radius 1 is 0.800 bits per heavy atom. The second-order valence-corrected chi connectivity index (χ2v) is 4.56. The molecule has 0 saturated carbocycles. The molecule has 7 heteroatoms. The molecule has 0 fully saturated rings. The number of alkyl halides is 5. The van der Waals surface area contributed by atoms with Gasteiger partial charge in [-0.25, -0.2) is 0 Å². The molecule has 0 aliphatic rings. The van der Waals surface area contributed by atoms with Crippen molar-refractivity contribution in [1.29, 1.82) is 0 Å². The Hall–Kier alpha value is -0.170. The molecule has 0 radical (unpaired) electrons. The molecule has 0 spiro atoms. The van der Waals surface area contributed by atoms with E-state index in [2.05, 4.69) is 31.9 Å². The van der Waals surface area contributed by atoms with E-state index in [9.17, 15) is 22.0 Å². The first-order chi connectivity index (χ1) is 6.64. The minimum absolute atomic E-state index is 0.149. The molecule has 0 aromatic heterocycles. The zero-order valence-electron chi connectivity index (χ0n) is 6.88. The number of rotatable bonds is 1. The molecule has 0 N–H and O–H groups in total. The van der Waals surface area contributed by atoms with Crippen LogP contribution < -0.4 is 0 Å². The van der Waals surface area contributed by atoms with Gasteiger partial charge in [0.15, 0.2) is 0 Å². The first kappa shape index (κ1) is 12.9. The molecule has 0 aliphatic carbocycles. The number of hydrogen-bond acceptors (Lipinski definition) is 0. The summed E-state index contributed by atoms with van der Waals surface area (Å²) in [5, 5.41) is 0. The predicted octanol–water partition coefficient (Wildman–Crippen LogP) is 4.87. The molecular formula is C8H3Br2F5. The molecule has 0 nitrogen and oxygen atoms in total. The molecule has 0 unspecified atom stereocenters. The molecule has 0 atom stereocenters. The smallest absolute Gasteiger partial charge is 0.191 e. The summed E-state index contributed by atoms with van der Waals surface area (Å²) in [6.45, 7) is 0. The van der Waals surface area contributed by atoms with Gasteiger partial charge in [-0.05, 0) is 18.2 Å². The van der Waals surface area contributed by atoms with Gasteiger partial charge in [0.25, 0.3) is 0 Å². The Labute approximate surface area is 98.7 Å². The van der Waals surface area contributed by atoms with Crippen LogP contribution in [0.2, 0.25) is 0 Å². The quantitative estimate of drug-likeness (QED) is 0.632. The van der Waals surface area contributed by atoms with Gasteiger partial charge < -0.3 is 0 Å². The Balaban J connectivity index is 3.27. The fourth-order valence-electron chi connectivity index (χ4n) is 0.899. The second kappa shape index (κ2) is 4.01. The maximum absolute atomic E-state index is 12.9. The van der Waals surface area contributed by atoms with Gasteiger partial charge in [-0.1, -0.05) is 31.9 Å². The fourth-order valence-corrected chi connectivity index (χ4v) is 2.19. The van der Waals surface area contributed by atoms with Crippen LogP contribution in [0.3, 0.4) is 0 Å². The van der Waals surface area contributed by atoms with Gasteiger partial charge in [-0.3, -0.25) is 0 Å². The van der Waals surface area contributed by atoms with E-state index in [-0.39, 0.29) is 8.95 Å². The lowest BCUT2D eigenvalue weighted by atomic mass is 10.1. The fraction of sp³-hybridized carbons (Fsp3) is 0.250. The van der Waals surface area contributed by atoms with Crippen molar-refractivity contribution in [2.45, 2.75) is 12.1 Å².